The summed E-state index contributed by atoms with van der Waals surface area (Å²) in [4.78, 5) is 11.5. The van der Waals surface area contributed by atoms with Gasteiger partial charge in [0.15, 0.2) is 16.6 Å². The van der Waals surface area contributed by atoms with Crippen LogP contribution in [-0.2, 0) is 17.8 Å². The zero-order valence-corrected chi connectivity index (χ0v) is 18.3. The van der Waals surface area contributed by atoms with Gasteiger partial charge in [-0.05, 0) is 65.1 Å². The van der Waals surface area contributed by atoms with E-state index in [-0.39, 0.29) is 5.97 Å². The van der Waals surface area contributed by atoms with E-state index < -0.39 is 25.9 Å². The fourth-order valence-corrected chi connectivity index (χ4v) is 10.2. The maximum Gasteiger partial charge on any atom is 0.338 e. The highest BCUT2D eigenvalue weighted by Crippen LogP contribution is 2.17. The molecule has 0 spiro atoms. The standard InChI is InChI=1S/C15H32O4Si3/c1-9-17-15(16)14(2)12-10-11-13-20(18-21(3,4)5)19-22(6,7)8/h9,12,20H,1,10-11,13H2,2-8H3. The summed E-state index contributed by atoms with van der Waals surface area (Å²) in [7, 11) is -4.77. The number of rotatable bonds is 10. The molecule has 0 aromatic rings. The van der Waals surface area contributed by atoms with Crippen molar-refractivity contribution in [2.75, 3.05) is 0 Å². The Hall–Kier alpha value is -0.479. The molecular weight excluding hydrogens is 328 g/mol. The minimum Gasteiger partial charge on any atom is -0.439 e. The molecule has 7 heteroatoms. The number of allylic oxidation sites excluding steroid dienone is 1. The number of esters is 1. The van der Waals surface area contributed by atoms with E-state index in [1.165, 1.54) is 0 Å². The van der Waals surface area contributed by atoms with Crippen LogP contribution in [0.3, 0.4) is 0 Å². The summed E-state index contributed by atoms with van der Waals surface area (Å²) < 4.78 is 17.3. The molecule has 128 valence electrons. The minimum atomic E-state index is -1.62. The lowest BCUT2D eigenvalue weighted by atomic mass is 10.2. The molecule has 0 aromatic heterocycles. The maximum absolute atomic E-state index is 11.5. The molecule has 0 rings (SSSR count). The van der Waals surface area contributed by atoms with Gasteiger partial charge < -0.3 is 13.0 Å². The number of carbonyl (C=O) groups excluding carboxylic acids is 1. The van der Waals surface area contributed by atoms with E-state index in [1.54, 1.807) is 6.92 Å². The second-order valence-electron chi connectivity index (χ2n) is 7.28. The highest BCUT2D eigenvalue weighted by molar-refractivity contribution is 6.81. The fraction of sp³-hybridized carbons (Fsp3) is 0.667. The van der Waals surface area contributed by atoms with Crippen LogP contribution in [0.5, 0.6) is 0 Å². The molecule has 0 amide bonds. The molecule has 0 radical (unpaired) electrons. The predicted octanol–water partition coefficient (Wildman–Crippen LogP) is 4.32. The molecule has 0 N–H and O–H groups in total. The molecule has 0 fully saturated rings. The van der Waals surface area contributed by atoms with Crippen LogP contribution in [0, 0.1) is 0 Å². The normalized spacial score (nSPS) is 13.4. The van der Waals surface area contributed by atoms with Gasteiger partial charge in [-0.15, -0.1) is 0 Å². The lowest BCUT2D eigenvalue weighted by Gasteiger charge is -2.30. The van der Waals surface area contributed by atoms with Gasteiger partial charge in [0.2, 0.25) is 0 Å². The number of hydrogen-bond donors (Lipinski definition) is 0. The van der Waals surface area contributed by atoms with E-state index in [4.69, 9.17) is 13.0 Å². The van der Waals surface area contributed by atoms with Crippen LogP contribution in [0.25, 0.3) is 0 Å². The highest BCUT2D eigenvalue weighted by Gasteiger charge is 2.28. The van der Waals surface area contributed by atoms with E-state index in [0.717, 1.165) is 25.1 Å². The zero-order valence-electron chi connectivity index (χ0n) is 15.2. The van der Waals surface area contributed by atoms with Gasteiger partial charge in [-0.25, -0.2) is 4.79 Å². The van der Waals surface area contributed by atoms with Gasteiger partial charge in [0.05, 0.1) is 6.26 Å². The van der Waals surface area contributed by atoms with Gasteiger partial charge in [-0.3, -0.25) is 0 Å². The zero-order chi connectivity index (χ0) is 17.4. The molecule has 0 aliphatic heterocycles. The fourth-order valence-electron chi connectivity index (χ4n) is 1.79. The van der Waals surface area contributed by atoms with Gasteiger partial charge in [-0.2, -0.15) is 0 Å². The van der Waals surface area contributed by atoms with Crippen molar-refractivity contribution in [1.82, 2.24) is 0 Å². The van der Waals surface area contributed by atoms with Crippen molar-refractivity contribution >= 4 is 31.9 Å². The van der Waals surface area contributed by atoms with Crippen molar-refractivity contribution in [1.29, 1.82) is 0 Å². The molecule has 0 atom stereocenters. The van der Waals surface area contributed by atoms with Crippen molar-refractivity contribution in [3.63, 3.8) is 0 Å². The van der Waals surface area contributed by atoms with E-state index >= 15 is 0 Å². The Balaban J connectivity index is 4.42. The molecule has 0 unspecified atom stereocenters. The lowest BCUT2D eigenvalue weighted by Crippen LogP contribution is -2.43. The number of ether oxygens (including phenoxy) is 1. The van der Waals surface area contributed by atoms with Crippen LogP contribution in [0.15, 0.2) is 24.5 Å². The monoisotopic (exact) mass is 360 g/mol. The SMILES string of the molecule is C=COC(=O)C(C)=CCCC[SiH](O[Si](C)(C)C)O[Si](C)(C)C. The summed E-state index contributed by atoms with van der Waals surface area (Å²) in [5.41, 5.74) is 0.621. The Morgan fingerprint density at radius 3 is 2.00 bits per heavy atom. The van der Waals surface area contributed by atoms with Crippen molar-refractivity contribution in [3.05, 3.63) is 24.5 Å². The Labute approximate surface area is 139 Å². The highest BCUT2D eigenvalue weighted by atomic mass is 28.4. The molecule has 0 aliphatic carbocycles. The van der Waals surface area contributed by atoms with Crippen LogP contribution < -0.4 is 0 Å². The summed E-state index contributed by atoms with van der Waals surface area (Å²) in [6, 6.07) is 0.981. The Morgan fingerprint density at radius 1 is 1.09 bits per heavy atom. The third-order valence-electron chi connectivity index (χ3n) is 2.58. The Morgan fingerprint density at radius 2 is 1.59 bits per heavy atom. The van der Waals surface area contributed by atoms with E-state index in [1.807, 2.05) is 6.08 Å². The maximum atomic E-state index is 11.5. The van der Waals surface area contributed by atoms with E-state index in [9.17, 15) is 4.79 Å². The van der Waals surface area contributed by atoms with Crippen molar-refractivity contribution in [2.45, 2.75) is 65.1 Å². The van der Waals surface area contributed by atoms with E-state index in [2.05, 4.69) is 45.9 Å². The summed E-state index contributed by atoms with van der Waals surface area (Å²) in [5.74, 6) is -0.333. The van der Waals surface area contributed by atoms with Crippen molar-refractivity contribution < 1.29 is 17.8 Å². The van der Waals surface area contributed by atoms with Crippen LogP contribution in [0.1, 0.15) is 19.8 Å². The summed E-state index contributed by atoms with van der Waals surface area (Å²) in [6.45, 7) is 18.4. The molecule has 0 heterocycles. The number of carbonyl (C=O) groups is 1. The van der Waals surface area contributed by atoms with Gasteiger partial charge in [0.1, 0.15) is 0 Å². The third-order valence-corrected chi connectivity index (χ3v) is 11.2. The van der Waals surface area contributed by atoms with Crippen LogP contribution in [0.2, 0.25) is 45.3 Å². The van der Waals surface area contributed by atoms with Gasteiger partial charge in [-0.1, -0.05) is 12.7 Å². The quantitative estimate of drug-likeness (QED) is 0.191. The average molecular weight is 361 g/mol. The first-order valence-corrected chi connectivity index (χ1v) is 16.4. The first kappa shape index (κ1) is 21.5. The minimum absolute atomic E-state index is 0.333. The molecule has 0 saturated heterocycles. The summed E-state index contributed by atoms with van der Waals surface area (Å²) in [5, 5.41) is 0. The lowest BCUT2D eigenvalue weighted by molar-refractivity contribution is -0.133. The van der Waals surface area contributed by atoms with Crippen molar-refractivity contribution in [3.8, 4) is 0 Å². The molecular formula is C15H32O4Si3. The van der Waals surface area contributed by atoms with Crippen LogP contribution in [0.4, 0.5) is 0 Å². The van der Waals surface area contributed by atoms with E-state index in [0.29, 0.717) is 5.57 Å². The topological polar surface area (TPSA) is 44.8 Å². The molecule has 0 bridgehead atoms. The van der Waals surface area contributed by atoms with Crippen LogP contribution in [-0.4, -0.2) is 31.9 Å². The molecule has 4 nitrogen and oxygen atoms in total. The number of unbranched alkanes of at least 4 members (excludes halogenated alkanes) is 1. The second kappa shape index (κ2) is 9.61. The third kappa shape index (κ3) is 12.1. The Bertz CT molecular complexity index is 379. The van der Waals surface area contributed by atoms with Crippen molar-refractivity contribution in [2.24, 2.45) is 0 Å². The summed E-state index contributed by atoms with van der Waals surface area (Å²) >= 11 is 0. The summed E-state index contributed by atoms with van der Waals surface area (Å²) in [6.07, 6.45) is 4.89. The molecule has 0 aromatic carbocycles. The molecule has 0 aliphatic rings. The smallest absolute Gasteiger partial charge is 0.338 e. The number of hydrogen-bond acceptors (Lipinski definition) is 4. The van der Waals surface area contributed by atoms with Gasteiger partial charge in [0, 0.05) is 5.57 Å². The largest absolute Gasteiger partial charge is 0.439 e. The van der Waals surface area contributed by atoms with Crippen LogP contribution >= 0.6 is 0 Å². The molecule has 0 saturated carbocycles. The average Bonchev–Trinajstić information content (AvgIpc) is 2.30. The predicted molar refractivity (Wildman–Crippen MR) is 100 cm³/mol. The van der Waals surface area contributed by atoms with Gasteiger partial charge in [0.25, 0.3) is 0 Å². The first-order valence-electron chi connectivity index (χ1n) is 7.79. The molecule has 22 heavy (non-hydrogen) atoms. The van der Waals surface area contributed by atoms with Gasteiger partial charge >= 0.3 is 15.3 Å². The first-order chi connectivity index (χ1) is 9.94. The second-order valence-corrected chi connectivity index (χ2v) is 19.1. The Kier molecular flexibility index (Phi) is 9.40.